The van der Waals surface area contributed by atoms with E-state index in [0.29, 0.717) is 0 Å². The lowest BCUT2D eigenvalue weighted by Gasteiger charge is -2.48. The van der Waals surface area contributed by atoms with Crippen LogP contribution in [0, 0.1) is 17.0 Å². The highest BCUT2D eigenvalue weighted by molar-refractivity contribution is 7.99. The molecule has 0 aliphatic carbocycles. The molecule has 3 rings (SSSR count). The van der Waals surface area contributed by atoms with E-state index in [1.54, 1.807) is 6.92 Å². The lowest BCUT2D eigenvalue weighted by Crippen LogP contribution is -2.66. The molecule has 2 aromatic rings. The molecule has 1 aliphatic heterocycles. The monoisotopic (exact) mass is 424 g/mol. The standard InChI is InChI=1S/C18H22F2N6O2S/c1-18(10-29(28,22-2)26(3)17(21)25-18)13-8-12(5-6-14(13)20)24-16(27)15-7-4-11(19)9-23-15/h4-9,29H,10H2,1-3H3,(H2,21,25)(H,22,28)(H,24,27)/t18-/m0/s1. The Morgan fingerprint density at radius 2 is 2.07 bits per heavy atom. The van der Waals surface area contributed by atoms with Gasteiger partial charge in [0.1, 0.15) is 17.3 Å². The number of hydrogen-bond acceptors (Lipinski definition) is 4. The normalized spacial score (nSPS) is 22.0. The third kappa shape index (κ3) is 3.96. The van der Waals surface area contributed by atoms with Crippen LogP contribution in [0.3, 0.4) is 0 Å². The van der Waals surface area contributed by atoms with Crippen molar-refractivity contribution in [3.63, 3.8) is 0 Å². The van der Waals surface area contributed by atoms with Gasteiger partial charge in [-0.2, -0.15) is 0 Å². The topological polar surface area (TPSA) is 110 Å². The van der Waals surface area contributed by atoms with Gasteiger partial charge in [-0.15, -0.1) is 0 Å². The van der Waals surface area contributed by atoms with E-state index < -0.39 is 33.4 Å². The number of thiol groups is 1. The number of nitrogens with one attached hydrogen (secondary N) is 4. The first kappa shape index (κ1) is 20.8. The van der Waals surface area contributed by atoms with E-state index in [9.17, 15) is 17.8 Å². The van der Waals surface area contributed by atoms with Gasteiger partial charge in [0.05, 0.1) is 17.5 Å². The van der Waals surface area contributed by atoms with Crippen molar-refractivity contribution in [3.8, 4) is 0 Å². The second kappa shape index (κ2) is 7.48. The van der Waals surface area contributed by atoms with Crippen LogP contribution in [0.4, 0.5) is 14.5 Å². The van der Waals surface area contributed by atoms with Gasteiger partial charge in [-0.1, -0.05) is 0 Å². The van der Waals surface area contributed by atoms with Crippen LogP contribution in [-0.4, -0.2) is 45.2 Å². The van der Waals surface area contributed by atoms with Crippen molar-refractivity contribution >= 4 is 27.9 Å². The molecule has 11 heteroatoms. The maximum atomic E-state index is 14.7. The van der Waals surface area contributed by atoms with Crippen molar-refractivity contribution in [2.45, 2.75) is 12.5 Å². The summed E-state index contributed by atoms with van der Waals surface area (Å²) in [5, 5.41) is 13.6. The first-order chi connectivity index (χ1) is 13.6. The van der Waals surface area contributed by atoms with Crippen LogP contribution in [0.2, 0.25) is 0 Å². The van der Waals surface area contributed by atoms with Gasteiger partial charge in [0.15, 0.2) is 0 Å². The van der Waals surface area contributed by atoms with E-state index in [-0.39, 0.29) is 28.7 Å². The number of nitrogens with zero attached hydrogens (tertiary/aromatic N) is 2. The van der Waals surface area contributed by atoms with Gasteiger partial charge in [-0.25, -0.2) is 18.5 Å². The second-order valence-corrected chi connectivity index (χ2v) is 9.69. The largest absolute Gasteiger partial charge is 0.345 e. The van der Waals surface area contributed by atoms with E-state index in [4.69, 9.17) is 5.41 Å². The van der Waals surface area contributed by atoms with E-state index in [1.165, 1.54) is 42.7 Å². The summed E-state index contributed by atoms with van der Waals surface area (Å²) in [6.07, 6.45) is 0.926. The number of halogens is 2. The Hall–Kier alpha value is -2.92. The Morgan fingerprint density at radius 3 is 2.69 bits per heavy atom. The van der Waals surface area contributed by atoms with Crippen molar-refractivity contribution < 1.29 is 17.8 Å². The SMILES string of the molecule is CN[SH]1(=O)C[C@@](C)(c2cc(NC(=O)c3ccc(F)cn3)ccc2F)NC(=N)N1C. The maximum Gasteiger partial charge on any atom is 0.274 e. The zero-order valence-corrected chi connectivity index (χ0v) is 17.0. The van der Waals surface area contributed by atoms with Crippen LogP contribution >= 0.6 is 0 Å². The summed E-state index contributed by atoms with van der Waals surface area (Å²) in [5.41, 5.74) is -0.718. The first-order valence-corrected chi connectivity index (χ1v) is 10.5. The van der Waals surface area contributed by atoms with E-state index >= 15 is 0 Å². The number of guanidine groups is 1. The smallest absolute Gasteiger partial charge is 0.274 e. The van der Waals surface area contributed by atoms with Gasteiger partial charge in [0, 0.05) is 28.6 Å². The molecule has 1 aliphatic rings. The number of aromatic nitrogens is 1. The van der Waals surface area contributed by atoms with E-state index in [1.807, 2.05) is 0 Å². The molecule has 1 aromatic heterocycles. The number of benzene rings is 1. The summed E-state index contributed by atoms with van der Waals surface area (Å²) in [5.74, 6) is -1.82. The van der Waals surface area contributed by atoms with Gasteiger partial charge in [0.25, 0.3) is 5.91 Å². The molecule has 0 spiro atoms. The van der Waals surface area contributed by atoms with Crippen LogP contribution in [0.1, 0.15) is 23.0 Å². The average molecular weight is 424 g/mol. The Bertz CT molecular complexity index is 1020. The zero-order valence-electron chi connectivity index (χ0n) is 16.1. The van der Waals surface area contributed by atoms with Gasteiger partial charge in [-0.3, -0.25) is 18.7 Å². The fourth-order valence-electron chi connectivity index (χ4n) is 3.19. The minimum absolute atomic E-state index is 0.00219. The van der Waals surface area contributed by atoms with Crippen molar-refractivity contribution in [1.82, 2.24) is 19.3 Å². The van der Waals surface area contributed by atoms with Crippen molar-refractivity contribution in [2.75, 3.05) is 25.2 Å². The molecule has 2 heterocycles. The Morgan fingerprint density at radius 1 is 1.34 bits per heavy atom. The molecule has 1 saturated heterocycles. The fourth-order valence-corrected chi connectivity index (χ4v) is 5.34. The molecule has 4 N–H and O–H groups in total. The third-order valence-electron chi connectivity index (χ3n) is 4.86. The third-order valence-corrected chi connectivity index (χ3v) is 7.79. The molecule has 0 bridgehead atoms. The van der Waals surface area contributed by atoms with Crippen LogP contribution in [0.5, 0.6) is 0 Å². The number of carbonyl (C=O) groups is 1. The minimum Gasteiger partial charge on any atom is -0.345 e. The fraction of sp³-hybridized carbons (Fsp3) is 0.278. The summed E-state index contributed by atoms with van der Waals surface area (Å²) >= 11 is 0. The summed E-state index contributed by atoms with van der Waals surface area (Å²) in [4.78, 5) is 16.0. The number of carbonyl (C=O) groups excluding carboxylic acids is 1. The highest BCUT2D eigenvalue weighted by Crippen LogP contribution is 2.33. The average Bonchev–Trinajstić information content (AvgIpc) is 2.68. The Labute approximate surface area is 167 Å². The Balaban J connectivity index is 1.92. The number of rotatable bonds is 4. The van der Waals surface area contributed by atoms with E-state index in [0.717, 1.165) is 12.3 Å². The summed E-state index contributed by atoms with van der Waals surface area (Å²) in [6.45, 7) is 1.64. The molecule has 8 nitrogen and oxygen atoms in total. The van der Waals surface area contributed by atoms with Crippen molar-refractivity contribution in [1.29, 1.82) is 5.41 Å². The molecule has 1 atom stereocenters. The van der Waals surface area contributed by atoms with Crippen LogP contribution < -0.4 is 15.4 Å². The number of anilines is 1. The summed E-state index contributed by atoms with van der Waals surface area (Å²) in [6, 6.07) is 6.33. The van der Waals surface area contributed by atoms with Crippen LogP contribution in [0.25, 0.3) is 0 Å². The molecule has 1 amide bonds. The van der Waals surface area contributed by atoms with Gasteiger partial charge in [-0.05, 0) is 44.3 Å². The highest BCUT2D eigenvalue weighted by atomic mass is 32.3. The molecule has 29 heavy (non-hydrogen) atoms. The van der Waals surface area contributed by atoms with Crippen LogP contribution in [0.15, 0.2) is 36.5 Å². The summed E-state index contributed by atoms with van der Waals surface area (Å²) in [7, 11) is -0.0973. The molecule has 0 unspecified atom stereocenters. The number of pyridine rings is 1. The molecule has 1 fully saturated rings. The summed E-state index contributed by atoms with van der Waals surface area (Å²) < 4.78 is 44.8. The molecular weight excluding hydrogens is 402 g/mol. The first-order valence-electron chi connectivity index (χ1n) is 8.70. The second-order valence-electron chi connectivity index (χ2n) is 6.92. The van der Waals surface area contributed by atoms with E-state index in [2.05, 4.69) is 20.3 Å². The zero-order chi connectivity index (χ0) is 21.4. The van der Waals surface area contributed by atoms with Gasteiger partial charge < -0.3 is 10.6 Å². The Kier molecular flexibility index (Phi) is 5.37. The van der Waals surface area contributed by atoms with Crippen LogP contribution in [-0.2, 0) is 15.8 Å². The van der Waals surface area contributed by atoms with Gasteiger partial charge in [0.2, 0.25) is 5.96 Å². The maximum absolute atomic E-state index is 14.7. The van der Waals surface area contributed by atoms with Gasteiger partial charge >= 0.3 is 0 Å². The molecular formula is C18H22F2N6O2S. The molecule has 0 saturated carbocycles. The number of hydrogen-bond donors (Lipinski definition) is 5. The quantitative estimate of drug-likeness (QED) is 0.478. The molecule has 156 valence electrons. The highest BCUT2D eigenvalue weighted by Gasteiger charge is 2.42. The predicted molar refractivity (Wildman–Crippen MR) is 108 cm³/mol. The molecule has 1 aromatic carbocycles. The lowest BCUT2D eigenvalue weighted by atomic mass is 9.93. The lowest BCUT2D eigenvalue weighted by molar-refractivity contribution is 0.102. The van der Waals surface area contributed by atoms with Crippen molar-refractivity contribution in [2.24, 2.45) is 0 Å². The number of amides is 1. The minimum atomic E-state index is -3.15. The predicted octanol–water partition coefficient (Wildman–Crippen LogP) is 1.36. The molecule has 0 radical (unpaired) electrons. The van der Waals surface area contributed by atoms with Crippen molar-refractivity contribution in [3.05, 3.63) is 59.4 Å².